The smallest absolute Gasteiger partial charge is 0.0476 e. The number of pyridine rings is 1. The third-order valence-corrected chi connectivity index (χ3v) is 3.38. The molecule has 0 fully saturated rings. The van der Waals surface area contributed by atoms with E-state index in [1.54, 1.807) is 0 Å². The first-order valence-electron chi connectivity index (χ1n) is 6.72. The van der Waals surface area contributed by atoms with E-state index in [1.165, 1.54) is 28.0 Å². The average molecular weight is 239 g/mol. The molecule has 0 radical (unpaired) electrons. The number of aromatic nitrogens is 1. The molecule has 0 saturated carbocycles. The lowest BCUT2D eigenvalue weighted by atomic mass is 9.97. The van der Waals surface area contributed by atoms with Gasteiger partial charge in [-0.25, -0.2) is 0 Å². The van der Waals surface area contributed by atoms with E-state index in [0.29, 0.717) is 0 Å². The molecule has 1 aliphatic carbocycles. The summed E-state index contributed by atoms with van der Waals surface area (Å²) in [5.74, 6) is 0. The van der Waals surface area contributed by atoms with Gasteiger partial charge in [-0.15, -0.1) is 0 Å². The van der Waals surface area contributed by atoms with Crippen LogP contribution >= 0.6 is 0 Å². The van der Waals surface area contributed by atoms with Crippen LogP contribution in [0.2, 0.25) is 0 Å². The second kappa shape index (κ2) is 5.81. The molecule has 2 rings (SSSR count). The van der Waals surface area contributed by atoms with Crippen molar-refractivity contribution in [2.45, 2.75) is 39.5 Å². The van der Waals surface area contributed by atoms with Gasteiger partial charge in [-0.3, -0.25) is 4.98 Å². The summed E-state index contributed by atoms with van der Waals surface area (Å²) >= 11 is 0. The van der Waals surface area contributed by atoms with Gasteiger partial charge in [-0.1, -0.05) is 37.3 Å². The molecule has 0 amide bonds. The molecule has 1 nitrogen and oxygen atoms in total. The zero-order valence-corrected chi connectivity index (χ0v) is 11.4. The average Bonchev–Trinajstić information content (AvgIpc) is 2.35. The van der Waals surface area contributed by atoms with Gasteiger partial charge < -0.3 is 0 Å². The van der Waals surface area contributed by atoms with Gasteiger partial charge >= 0.3 is 0 Å². The molecule has 0 atom stereocenters. The monoisotopic (exact) mass is 239 g/mol. The molecule has 1 heterocycles. The van der Waals surface area contributed by atoms with Gasteiger partial charge in [0.2, 0.25) is 0 Å². The minimum atomic E-state index is 1.05. The SMILES string of the molecule is C=C1/C=C\c2cc(/C(C)=C\CC)cnc2CCC1. The van der Waals surface area contributed by atoms with Gasteiger partial charge in [-0.2, -0.15) is 0 Å². The van der Waals surface area contributed by atoms with Crippen LogP contribution in [0.3, 0.4) is 0 Å². The molecule has 1 aromatic rings. The molecule has 0 spiro atoms. The van der Waals surface area contributed by atoms with Crippen molar-refractivity contribution in [1.29, 1.82) is 0 Å². The van der Waals surface area contributed by atoms with Crippen molar-refractivity contribution >= 4 is 11.6 Å². The molecule has 1 heteroatoms. The van der Waals surface area contributed by atoms with E-state index in [0.717, 1.165) is 25.7 Å². The summed E-state index contributed by atoms with van der Waals surface area (Å²) in [5, 5.41) is 0. The van der Waals surface area contributed by atoms with Crippen LogP contribution in [0.5, 0.6) is 0 Å². The molecular weight excluding hydrogens is 218 g/mol. The zero-order chi connectivity index (χ0) is 13.0. The van der Waals surface area contributed by atoms with E-state index in [-0.39, 0.29) is 0 Å². The lowest BCUT2D eigenvalue weighted by Gasteiger charge is -2.11. The third-order valence-electron chi connectivity index (χ3n) is 3.38. The van der Waals surface area contributed by atoms with Gasteiger partial charge in [0.25, 0.3) is 0 Å². The second-order valence-electron chi connectivity index (χ2n) is 4.90. The Morgan fingerprint density at radius 1 is 1.39 bits per heavy atom. The van der Waals surface area contributed by atoms with E-state index in [2.05, 4.69) is 49.7 Å². The molecule has 1 aromatic heterocycles. The van der Waals surface area contributed by atoms with Crippen molar-refractivity contribution in [3.8, 4) is 0 Å². The van der Waals surface area contributed by atoms with Crippen LogP contribution in [0.25, 0.3) is 11.6 Å². The van der Waals surface area contributed by atoms with Gasteiger partial charge in [-0.05, 0) is 55.4 Å². The molecular formula is C17H21N. The first-order valence-corrected chi connectivity index (χ1v) is 6.72. The van der Waals surface area contributed by atoms with E-state index in [1.807, 2.05) is 6.20 Å². The minimum absolute atomic E-state index is 1.05. The third kappa shape index (κ3) is 2.98. The lowest BCUT2D eigenvalue weighted by molar-refractivity contribution is 0.798. The molecule has 0 bridgehead atoms. The van der Waals surface area contributed by atoms with Gasteiger partial charge in [0.05, 0.1) is 0 Å². The number of hydrogen-bond acceptors (Lipinski definition) is 1. The van der Waals surface area contributed by atoms with Crippen molar-refractivity contribution in [3.05, 3.63) is 53.4 Å². The first kappa shape index (κ1) is 12.8. The number of hydrogen-bond donors (Lipinski definition) is 0. The Kier molecular flexibility index (Phi) is 4.14. The number of nitrogens with zero attached hydrogens (tertiary/aromatic N) is 1. The van der Waals surface area contributed by atoms with Crippen molar-refractivity contribution in [3.63, 3.8) is 0 Å². The molecule has 94 valence electrons. The summed E-state index contributed by atoms with van der Waals surface area (Å²) in [4.78, 5) is 4.63. The molecule has 0 saturated heterocycles. The van der Waals surface area contributed by atoms with Crippen LogP contribution in [0, 0.1) is 0 Å². The van der Waals surface area contributed by atoms with Crippen molar-refractivity contribution in [2.75, 3.05) is 0 Å². The van der Waals surface area contributed by atoms with E-state index in [4.69, 9.17) is 0 Å². The topological polar surface area (TPSA) is 12.9 Å². The Balaban J connectivity index is 2.39. The summed E-state index contributed by atoms with van der Waals surface area (Å²) < 4.78 is 0. The van der Waals surface area contributed by atoms with Crippen molar-refractivity contribution < 1.29 is 0 Å². The highest BCUT2D eigenvalue weighted by Crippen LogP contribution is 2.22. The van der Waals surface area contributed by atoms with Crippen LogP contribution < -0.4 is 0 Å². The highest BCUT2D eigenvalue weighted by atomic mass is 14.7. The number of rotatable bonds is 2. The maximum absolute atomic E-state index is 4.63. The quantitative estimate of drug-likeness (QED) is 0.722. The predicted molar refractivity (Wildman–Crippen MR) is 79.3 cm³/mol. The van der Waals surface area contributed by atoms with E-state index < -0.39 is 0 Å². The molecule has 18 heavy (non-hydrogen) atoms. The summed E-state index contributed by atoms with van der Waals surface area (Å²) in [6, 6.07) is 2.25. The van der Waals surface area contributed by atoms with Crippen molar-refractivity contribution in [1.82, 2.24) is 4.98 Å². The maximum atomic E-state index is 4.63. The largest absolute Gasteiger partial charge is 0.260 e. The molecule has 0 aromatic carbocycles. The van der Waals surface area contributed by atoms with Gasteiger partial charge in [0.15, 0.2) is 0 Å². The summed E-state index contributed by atoms with van der Waals surface area (Å²) in [6.45, 7) is 8.37. The summed E-state index contributed by atoms with van der Waals surface area (Å²) in [5.41, 5.74) is 6.21. The first-order chi connectivity index (χ1) is 8.70. The van der Waals surface area contributed by atoms with Crippen LogP contribution in [0.15, 0.2) is 36.6 Å². The highest BCUT2D eigenvalue weighted by Gasteiger charge is 2.07. The fourth-order valence-corrected chi connectivity index (χ4v) is 2.28. The number of aryl methyl sites for hydroxylation is 1. The van der Waals surface area contributed by atoms with Gasteiger partial charge in [0, 0.05) is 11.9 Å². The number of fused-ring (bicyclic) bond motifs is 1. The van der Waals surface area contributed by atoms with Crippen molar-refractivity contribution in [2.24, 2.45) is 0 Å². The minimum Gasteiger partial charge on any atom is -0.260 e. The van der Waals surface area contributed by atoms with E-state index >= 15 is 0 Å². The Hall–Kier alpha value is -1.63. The van der Waals surface area contributed by atoms with Crippen LogP contribution in [-0.4, -0.2) is 4.98 Å². The standard InChI is InChI=1S/C17H21N/c1-4-6-14(3)16-11-15-10-9-13(2)7-5-8-17(15)18-12-16/h6,9-12H,2,4-5,7-8H2,1,3H3/b10-9-,14-6-. The molecule has 0 unspecified atom stereocenters. The highest BCUT2D eigenvalue weighted by molar-refractivity contribution is 5.67. The molecule has 1 aliphatic rings. The fraction of sp³-hybridized carbons (Fsp3) is 0.353. The predicted octanol–water partition coefficient (Wildman–Crippen LogP) is 4.80. The second-order valence-corrected chi connectivity index (χ2v) is 4.90. The Morgan fingerprint density at radius 3 is 3.00 bits per heavy atom. The summed E-state index contributed by atoms with van der Waals surface area (Å²) in [6.07, 6.45) is 12.9. The fourth-order valence-electron chi connectivity index (χ4n) is 2.28. The Morgan fingerprint density at radius 2 is 2.22 bits per heavy atom. The lowest BCUT2D eigenvalue weighted by Crippen LogP contribution is -1.99. The molecule has 0 aliphatic heterocycles. The normalized spacial score (nSPS) is 17.9. The van der Waals surface area contributed by atoms with Crippen LogP contribution in [-0.2, 0) is 6.42 Å². The maximum Gasteiger partial charge on any atom is 0.0476 e. The Labute approximate surface area is 110 Å². The van der Waals surface area contributed by atoms with E-state index in [9.17, 15) is 0 Å². The zero-order valence-electron chi connectivity index (χ0n) is 11.4. The van der Waals surface area contributed by atoms with Crippen LogP contribution in [0.1, 0.15) is 49.9 Å². The Bertz CT molecular complexity index is 506. The molecule has 0 N–H and O–H groups in total. The summed E-state index contributed by atoms with van der Waals surface area (Å²) in [7, 11) is 0. The van der Waals surface area contributed by atoms with Crippen LogP contribution in [0.4, 0.5) is 0 Å². The van der Waals surface area contributed by atoms with Gasteiger partial charge in [0.1, 0.15) is 0 Å². The number of allylic oxidation sites excluding steroid dienone is 4.